The molecule has 2 heteroatoms. The highest BCUT2D eigenvalue weighted by atomic mass is 28.4. The summed E-state index contributed by atoms with van der Waals surface area (Å²) < 4.78 is 5.69. The number of hydrogen-bond donors (Lipinski definition) is 0. The zero-order valence-electron chi connectivity index (χ0n) is 9.71. The number of hydrogen-bond acceptors (Lipinski definition) is 1. The van der Waals surface area contributed by atoms with Gasteiger partial charge >= 0.3 is 0 Å². The SMILES string of the molecule is CO[Si](C)(C)C1=C(C2=CCC=C2)CC=C1. The first-order chi connectivity index (χ1) is 7.15. The lowest BCUT2D eigenvalue weighted by Gasteiger charge is -2.23. The van der Waals surface area contributed by atoms with Crippen LogP contribution in [0.2, 0.25) is 13.1 Å². The Labute approximate surface area is 93.0 Å². The quantitative estimate of drug-likeness (QED) is 0.659. The van der Waals surface area contributed by atoms with Crippen LogP contribution in [0.4, 0.5) is 0 Å². The fourth-order valence-corrected chi connectivity index (χ4v) is 3.85. The van der Waals surface area contributed by atoms with Gasteiger partial charge in [-0.2, -0.15) is 0 Å². The summed E-state index contributed by atoms with van der Waals surface area (Å²) in [5, 5.41) is 1.46. The zero-order valence-corrected chi connectivity index (χ0v) is 10.7. The second kappa shape index (κ2) is 3.95. The van der Waals surface area contributed by atoms with E-state index in [-0.39, 0.29) is 0 Å². The lowest BCUT2D eigenvalue weighted by molar-refractivity contribution is 0.413. The van der Waals surface area contributed by atoms with E-state index in [1.54, 1.807) is 0 Å². The van der Waals surface area contributed by atoms with Crippen LogP contribution in [0.15, 0.2) is 46.7 Å². The highest BCUT2D eigenvalue weighted by Gasteiger charge is 2.30. The summed E-state index contributed by atoms with van der Waals surface area (Å²) >= 11 is 0. The summed E-state index contributed by atoms with van der Waals surface area (Å²) in [4.78, 5) is 0. The molecule has 2 aliphatic rings. The molecule has 0 radical (unpaired) electrons. The van der Waals surface area contributed by atoms with Crippen molar-refractivity contribution < 1.29 is 4.43 Å². The molecule has 15 heavy (non-hydrogen) atoms. The Balaban J connectivity index is 2.38. The van der Waals surface area contributed by atoms with E-state index in [9.17, 15) is 0 Å². The van der Waals surface area contributed by atoms with Crippen molar-refractivity contribution in [3.05, 3.63) is 46.7 Å². The van der Waals surface area contributed by atoms with Gasteiger partial charge in [0.25, 0.3) is 0 Å². The second-order valence-corrected chi connectivity index (χ2v) is 8.48. The van der Waals surface area contributed by atoms with Crippen molar-refractivity contribution in [2.75, 3.05) is 7.11 Å². The summed E-state index contributed by atoms with van der Waals surface area (Å²) in [6.45, 7) is 4.52. The van der Waals surface area contributed by atoms with E-state index < -0.39 is 8.32 Å². The van der Waals surface area contributed by atoms with E-state index in [0.717, 1.165) is 12.8 Å². The van der Waals surface area contributed by atoms with Gasteiger partial charge in [0.05, 0.1) is 0 Å². The summed E-state index contributed by atoms with van der Waals surface area (Å²) in [7, 11) is 0.178. The second-order valence-electron chi connectivity index (χ2n) is 4.51. The Kier molecular flexibility index (Phi) is 2.80. The minimum atomic E-state index is -1.66. The lowest BCUT2D eigenvalue weighted by Crippen LogP contribution is -2.31. The molecule has 0 aliphatic heterocycles. The molecule has 0 bridgehead atoms. The molecule has 0 saturated carbocycles. The summed E-state index contributed by atoms with van der Waals surface area (Å²) in [5.74, 6) is 0. The molecule has 0 unspecified atom stereocenters. The van der Waals surface area contributed by atoms with Crippen LogP contribution in [-0.2, 0) is 4.43 Å². The molecule has 0 spiro atoms. The van der Waals surface area contributed by atoms with Gasteiger partial charge in [-0.3, -0.25) is 0 Å². The van der Waals surface area contributed by atoms with Crippen LogP contribution in [-0.4, -0.2) is 15.4 Å². The molecular formula is C13H18OSi. The molecular weight excluding hydrogens is 200 g/mol. The van der Waals surface area contributed by atoms with E-state index in [4.69, 9.17) is 4.43 Å². The molecule has 0 aromatic heterocycles. The van der Waals surface area contributed by atoms with Crippen molar-refractivity contribution in [3.8, 4) is 0 Å². The first kappa shape index (κ1) is 10.6. The van der Waals surface area contributed by atoms with Crippen LogP contribution in [0.3, 0.4) is 0 Å². The Bertz CT molecular complexity index is 383. The monoisotopic (exact) mass is 218 g/mol. The van der Waals surface area contributed by atoms with Gasteiger partial charge in [-0.05, 0) is 42.3 Å². The third-order valence-corrected chi connectivity index (χ3v) is 6.00. The zero-order chi connectivity index (χ0) is 10.9. The van der Waals surface area contributed by atoms with Crippen LogP contribution >= 0.6 is 0 Å². The molecule has 1 nitrogen and oxygen atoms in total. The molecule has 0 N–H and O–H groups in total. The average molecular weight is 218 g/mol. The van der Waals surface area contributed by atoms with E-state index >= 15 is 0 Å². The Morgan fingerprint density at radius 2 is 2.00 bits per heavy atom. The highest BCUT2D eigenvalue weighted by molar-refractivity contribution is 6.79. The predicted molar refractivity (Wildman–Crippen MR) is 67.1 cm³/mol. The van der Waals surface area contributed by atoms with Gasteiger partial charge in [0.15, 0.2) is 0 Å². The number of rotatable bonds is 3. The van der Waals surface area contributed by atoms with Crippen molar-refractivity contribution in [1.29, 1.82) is 0 Å². The van der Waals surface area contributed by atoms with Gasteiger partial charge in [0, 0.05) is 7.11 Å². The minimum absolute atomic E-state index is 1.07. The molecule has 0 aromatic rings. The molecule has 2 aliphatic carbocycles. The molecule has 2 rings (SSSR count). The van der Waals surface area contributed by atoms with Crippen molar-refractivity contribution >= 4 is 8.32 Å². The van der Waals surface area contributed by atoms with Gasteiger partial charge in [0.1, 0.15) is 0 Å². The van der Waals surface area contributed by atoms with Gasteiger partial charge in [-0.1, -0.05) is 30.4 Å². The van der Waals surface area contributed by atoms with Crippen molar-refractivity contribution in [2.24, 2.45) is 0 Å². The first-order valence-corrected chi connectivity index (χ1v) is 8.38. The average Bonchev–Trinajstić information content (AvgIpc) is 2.87. The Morgan fingerprint density at radius 1 is 1.20 bits per heavy atom. The largest absolute Gasteiger partial charge is 0.416 e. The number of allylic oxidation sites excluding steroid dienone is 8. The van der Waals surface area contributed by atoms with Gasteiger partial charge in [-0.15, -0.1) is 0 Å². The van der Waals surface area contributed by atoms with Crippen molar-refractivity contribution in [2.45, 2.75) is 25.9 Å². The summed E-state index contributed by atoms with van der Waals surface area (Å²) in [6.07, 6.45) is 13.4. The standard InChI is InChI=1S/C13H18OSi/c1-14-15(2,3)13-10-6-9-12(13)11-7-4-5-8-11/h4,6-8,10H,5,9H2,1-3H3. The van der Waals surface area contributed by atoms with Crippen molar-refractivity contribution in [1.82, 2.24) is 0 Å². The molecule has 0 aromatic carbocycles. The lowest BCUT2D eigenvalue weighted by atomic mass is 10.1. The third kappa shape index (κ3) is 1.92. The van der Waals surface area contributed by atoms with Crippen LogP contribution in [0.25, 0.3) is 0 Å². The Hall–Kier alpha value is -0.863. The fraction of sp³-hybridized carbons (Fsp3) is 0.385. The smallest absolute Gasteiger partial charge is 0.217 e. The first-order valence-electron chi connectivity index (χ1n) is 5.47. The van der Waals surface area contributed by atoms with Crippen LogP contribution in [0.5, 0.6) is 0 Å². The van der Waals surface area contributed by atoms with Gasteiger partial charge < -0.3 is 4.43 Å². The van der Waals surface area contributed by atoms with Gasteiger partial charge in [-0.25, -0.2) is 0 Å². The van der Waals surface area contributed by atoms with Gasteiger partial charge in [0.2, 0.25) is 8.32 Å². The maximum Gasteiger partial charge on any atom is 0.217 e. The molecule has 80 valence electrons. The minimum Gasteiger partial charge on any atom is -0.416 e. The maximum atomic E-state index is 5.69. The van der Waals surface area contributed by atoms with Crippen LogP contribution in [0, 0.1) is 0 Å². The normalized spacial score (nSPS) is 20.3. The summed E-state index contributed by atoms with van der Waals surface area (Å²) in [5.41, 5.74) is 2.90. The molecule has 0 fully saturated rings. The highest BCUT2D eigenvalue weighted by Crippen LogP contribution is 2.34. The third-order valence-electron chi connectivity index (χ3n) is 3.21. The van der Waals surface area contributed by atoms with Crippen molar-refractivity contribution in [3.63, 3.8) is 0 Å². The fourth-order valence-electron chi connectivity index (χ4n) is 2.13. The predicted octanol–water partition coefficient (Wildman–Crippen LogP) is 3.52. The van der Waals surface area contributed by atoms with Crippen LogP contribution in [0.1, 0.15) is 12.8 Å². The molecule has 0 saturated heterocycles. The van der Waals surface area contributed by atoms with E-state index in [1.165, 1.54) is 16.3 Å². The maximum absolute atomic E-state index is 5.69. The Morgan fingerprint density at radius 3 is 2.60 bits per heavy atom. The van der Waals surface area contributed by atoms with E-state index in [0.29, 0.717) is 0 Å². The van der Waals surface area contributed by atoms with E-state index in [1.807, 2.05) is 7.11 Å². The topological polar surface area (TPSA) is 9.23 Å². The molecule has 0 heterocycles. The van der Waals surface area contributed by atoms with Crippen LogP contribution < -0.4 is 0 Å². The van der Waals surface area contributed by atoms with E-state index in [2.05, 4.69) is 43.5 Å². The summed E-state index contributed by atoms with van der Waals surface area (Å²) in [6, 6.07) is 0. The molecule has 0 atom stereocenters. The molecule has 0 amide bonds.